The average molecular weight is 300 g/mol. The van der Waals surface area contributed by atoms with Crippen LogP contribution in [0.4, 0.5) is 0 Å². The van der Waals surface area contributed by atoms with E-state index in [1.54, 1.807) is 0 Å². The molecule has 0 amide bonds. The Hall–Kier alpha value is -0.690. The van der Waals surface area contributed by atoms with E-state index in [-0.39, 0.29) is 6.54 Å². The highest BCUT2D eigenvalue weighted by molar-refractivity contribution is 5.69. The van der Waals surface area contributed by atoms with E-state index in [1.165, 1.54) is 6.42 Å². The molecule has 0 radical (unpaired) electrons. The van der Waals surface area contributed by atoms with Crippen molar-refractivity contribution in [3.63, 3.8) is 0 Å². The lowest BCUT2D eigenvalue weighted by atomic mass is 10.1. The summed E-state index contributed by atoms with van der Waals surface area (Å²) in [4.78, 5) is 15.4. The van der Waals surface area contributed by atoms with Crippen LogP contribution in [-0.4, -0.2) is 86.3 Å². The van der Waals surface area contributed by atoms with Crippen LogP contribution in [0.15, 0.2) is 0 Å². The van der Waals surface area contributed by atoms with Crippen molar-refractivity contribution in [3.05, 3.63) is 0 Å². The third kappa shape index (κ3) is 9.79. The van der Waals surface area contributed by atoms with Crippen LogP contribution in [-0.2, 0) is 4.79 Å². The maximum atomic E-state index is 11.0. The van der Waals surface area contributed by atoms with Crippen molar-refractivity contribution in [1.82, 2.24) is 20.4 Å². The van der Waals surface area contributed by atoms with Crippen molar-refractivity contribution in [2.75, 3.05) is 65.4 Å². The first kappa shape index (κ1) is 18.4. The van der Waals surface area contributed by atoms with Gasteiger partial charge in [0.15, 0.2) is 0 Å². The first-order valence-electron chi connectivity index (χ1n) is 8.16. The number of carboxylic acid groups (broad SMARTS) is 1. The predicted octanol–water partition coefficient (Wildman–Crippen LogP) is -0.0861. The van der Waals surface area contributed by atoms with E-state index < -0.39 is 5.97 Å². The highest BCUT2D eigenvalue weighted by atomic mass is 16.4. The molecule has 124 valence electrons. The predicted molar refractivity (Wildman–Crippen MR) is 85.7 cm³/mol. The van der Waals surface area contributed by atoms with Crippen molar-refractivity contribution in [3.8, 4) is 0 Å². The van der Waals surface area contributed by atoms with E-state index in [0.29, 0.717) is 5.92 Å². The number of hydrogen-bond acceptors (Lipinski definition) is 5. The van der Waals surface area contributed by atoms with Gasteiger partial charge in [-0.15, -0.1) is 0 Å². The number of nitrogens with one attached hydrogen (secondary N) is 2. The summed E-state index contributed by atoms with van der Waals surface area (Å²) in [6.45, 7) is 13.1. The van der Waals surface area contributed by atoms with E-state index in [2.05, 4.69) is 29.4 Å². The molecule has 3 N–H and O–H groups in total. The first-order valence-corrected chi connectivity index (χ1v) is 8.16. The van der Waals surface area contributed by atoms with Crippen LogP contribution in [0.25, 0.3) is 0 Å². The number of aliphatic carboxylic acids is 1. The van der Waals surface area contributed by atoms with Gasteiger partial charge < -0.3 is 20.6 Å². The molecule has 6 heteroatoms. The van der Waals surface area contributed by atoms with Gasteiger partial charge in [0.05, 0.1) is 6.54 Å². The maximum absolute atomic E-state index is 11.0. The smallest absolute Gasteiger partial charge is 0.317 e. The zero-order chi connectivity index (χ0) is 15.5. The average Bonchev–Trinajstić information content (AvgIpc) is 2.40. The number of nitrogens with zero attached hydrogens (tertiary/aromatic N) is 2. The third-order valence-corrected chi connectivity index (χ3v) is 3.80. The molecule has 1 fully saturated rings. The Kier molecular flexibility index (Phi) is 9.58. The molecular formula is C15H32N4O2. The van der Waals surface area contributed by atoms with E-state index in [4.69, 9.17) is 5.11 Å². The van der Waals surface area contributed by atoms with Crippen LogP contribution in [0.5, 0.6) is 0 Å². The zero-order valence-corrected chi connectivity index (χ0v) is 13.6. The normalized spacial score (nSPS) is 20.9. The Bertz CT molecular complexity index is 287. The highest BCUT2D eigenvalue weighted by Crippen LogP contribution is 2.02. The molecule has 0 aliphatic carbocycles. The summed E-state index contributed by atoms with van der Waals surface area (Å²) in [5.41, 5.74) is 0. The SMILES string of the molecule is CC(C)CCN1CCNCCNCCN(CC(=O)O)CC1. The molecule has 0 aromatic heterocycles. The molecule has 1 aliphatic heterocycles. The Morgan fingerprint density at radius 3 is 2.14 bits per heavy atom. The van der Waals surface area contributed by atoms with Crippen LogP contribution in [0.3, 0.4) is 0 Å². The fourth-order valence-corrected chi connectivity index (χ4v) is 2.42. The van der Waals surface area contributed by atoms with E-state index in [1.807, 2.05) is 4.90 Å². The van der Waals surface area contributed by atoms with E-state index in [9.17, 15) is 4.79 Å². The van der Waals surface area contributed by atoms with Crippen molar-refractivity contribution in [2.24, 2.45) is 5.92 Å². The van der Waals surface area contributed by atoms with Crippen LogP contribution < -0.4 is 10.6 Å². The minimum absolute atomic E-state index is 0.137. The summed E-state index contributed by atoms with van der Waals surface area (Å²) >= 11 is 0. The van der Waals surface area contributed by atoms with Gasteiger partial charge in [0.1, 0.15) is 0 Å². The molecule has 0 bridgehead atoms. The highest BCUT2D eigenvalue weighted by Gasteiger charge is 2.13. The molecule has 1 saturated heterocycles. The largest absolute Gasteiger partial charge is 0.480 e. The van der Waals surface area contributed by atoms with Crippen molar-refractivity contribution >= 4 is 5.97 Å². The van der Waals surface area contributed by atoms with Gasteiger partial charge in [-0.1, -0.05) is 13.8 Å². The molecule has 0 unspecified atom stereocenters. The molecule has 1 rings (SSSR count). The molecule has 1 heterocycles. The molecule has 21 heavy (non-hydrogen) atoms. The Morgan fingerprint density at radius 1 is 1.00 bits per heavy atom. The third-order valence-electron chi connectivity index (χ3n) is 3.80. The second kappa shape index (κ2) is 11.0. The summed E-state index contributed by atoms with van der Waals surface area (Å²) < 4.78 is 0. The second-order valence-electron chi connectivity index (χ2n) is 6.19. The van der Waals surface area contributed by atoms with Gasteiger partial charge in [0.25, 0.3) is 0 Å². The van der Waals surface area contributed by atoms with Gasteiger partial charge in [-0.2, -0.15) is 0 Å². The summed E-state index contributed by atoms with van der Waals surface area (Å²) in [5.74, 6) is -0.0313. The standard InChI is InChI=1S/C15H32N4O2/c1-14(2)3-8-18-9-6-16-4-5-17-7-10-19(12-11-18)13-15(20)21/h14,16-17H,3-13H2,1-2H3,(H,20,21). The molecule has 6 nitrogen and oxygen atoms in total. The Balaban J connectivity index is 2.48. The summed E-state index contributed by atoms with van der Waals surface area (Å²) in [5, 5.41) is 15.8. The lowest BCUT2D eigenvalue weighted by molar-refractivity contribution is -0.138. The molecule has 0 saturated carbocycles. The Labute approximate surface area is 128 Å². The summed E-state index contributed by atoms with van der Waals surface area (Å²) in [7, 11) is 0. The van der Waals surface area contributed by atoms with Crippen molar-refractivity contribution < 1.29 is 9.90 Å². The van der Waals surface area contributed by atoms with Gasteiger partial charge in [-0.25, -0.2) is 0 Å². The number of rotatable bonds is 5. The number of hydrogen-bond donors (Lipinski definition) is 3. The lowest BCUT2D eigenvalue weighted by Gasteiger charge is -2.28. The molecular weight excluding hydrogens is 268 g/mol. The van der Waals surface area contributed by atoms with Crippen LogP contribution >= 0.6 is 0 Å². The first-order chi connectivity index (χ1) is 10.1. The fraction of sp³-hybridized carbons (Fsp3) is 0.933. The molecule has 0 spiro atoms. The molecule has 1 aliphatic rings. The monoisotopic (exact) mass is 300 g/mol. The quantitative estimate of drug-likeness (QED) is 0.660. The minimum atomic E-state index is -0.738. The summed E-state index contributed by atoms with van der Waals surface area (Å²) in [6.07, 6.45) is 1.19. The van der Waals surface area contributed by atoms with Gasteiger partial charge in [-0.3, -0.25) is 9.69 Å². The summed E-state index contributed by atoms with van der Waals surface area (Å²) in [6, 6.07) is 0. The van der Waals surface area contributed by atoms with Crippen LogP contribution in [0.2, 0.25) is 0 Å². The minimum Gasteiger partial charge on any atom is -0.480 e. The van der Waals surface area contributed by atoms with Gasteiger partial charge in [-0.05, 0) is 18.9 Å². The fourth-order valence-electron chi connectivity index (χ4n) is 2.42. The van der Waals surface area contributed by atoms with Crippen LogP contribution in [0.1, 0.15) is 20.3 Å². The number of carbonyl (C=O) groups is 1. The lowest BCUT2D eigenvalue weighted by Crippen LogP contribution is -2.45. The zero-order valence-electron chi connectivity index (χ0n) is 13.6. The Morgan fingerprint density at radius 2 is 1.57 bits per heavy atom. The maximum Gasteiger partial charge on any atom is 0.317 e. The second-order valence-corrected chi connectivity index (χ2v) is 6.19. The van der Waals surface area contributed by atoms with Gasteiger partial charge >= 0.3 is 5.97 Å². The van der Waals surface area contributed by atoms with Crippen molar-refractivity contribution in [2.45, 2.75) is 20.3 Å². The van der Waals surface area contributed by atoms with Gasteiger partial charge in [0, 0.05) is 52.4 Å². The topological polar surface area (TPSA) is 67.8 Å². The van der Waals surface area contributed by atoms with Crippen molar-refractivity contribution in [1.29, 1.82) is 0 Å². The molecule has 0 aromatic rings. The van der Waals surface area contributed by atoms with E-state index >= 15 is 0 Å². The van der Waals surface area contributed by atoms with E-state index in [0.717, 1.165) is 58.9 Å². The van der Waals surface area contributed by atoms with Crippen LogP contribution in [0, 0.1) is 5.92 Å². The number of carboxylic acids is 1. The molecule has 0 atom stereocenters. The molecule has 0 aromatic carbocycles. The van der Waals surface area contributed by atoms with Gasteiger partial charge in [0.2, 0.25) is 0 Å².